The van der Waals surface area contributed by atoms with Crippen molar-refractivity contribution in [3.63, 3.8) is 0 Å². The monoisotopic (exact) mass is 488 g/mol. The van der Waals surface area contributed by atoms with E-state index >= 15 is 0 Å². The largest absolute Gasteiger partial charge is 0.342 e. The van der Waals surface area contributed by atoms with Crippen molar-refractivity contribution in [1.82, 2.24) is 15.2 Å². The SMILES string of the molecule is CCn1c2c(cc(Cc3ccc(F)cc3F)c1=O)N(C(=O)[C@@H](NC(=O)[C@H](C)NC)C(C)(C)C)CC2. The molecule has 9 heteroatoms. The van der Waals surface area contributed by atoms with E-state index in [1.54, 1.807) is 29.5 Å². The van der Waals surface area contributed by atoms with E-state index < -0.39 is 29.1 Å². The highest BCUT2D eigenvalue weighted by Crippen LogP contribution is 2.32. The molecule has 0 bridgehead atoms. The lowest BCUT2D eigenvalue weighted by Gasteiger charge is -2.34. The third kappa shape index (κ3) is 5.45. The molecule has 190 valence electrons. The van der Waals surface area contributed by atoms with Crippen LogP contribution in [0.1, 0.15) is 51.4 Å². The number of hydrogen-bond donors (Lipinski definition) is 2. The number of rotatable bonds is 7. The van der Waals surface area contributed by atoms with E-state index in [-0.39, 0.29) is 29.4 Å². The summed E-state index contributed by atoms with van der Waals surface area (Å²) in [4.78, 5) is 41.1. The maximum atomic E-state index is 14.3. The van der Waals surface area contributed by atoms with Crippen LogP contribution in [0.3, 0.4) is 0 Å². The third-order valence-electron chi connectivity index (χ3n) is 6.52. The van der Waals surface area contributed by atoms with Gasteiger partial charge in [0.15, 0.2) is 0 Å². The van der Waals surface area contributed by atoms with Crippen molar-refractivity contribution >= 4 is 17.5 Å². The van der Waals surface area contributed by atoms with Gasteiger partial charge in [0.25, 0.3) is 5.56 Å². The van der Waals surface area contributed by atoms with Gasteiger partial charge in [-0.2, -0.15) is 0 Å². The van der Waals surface area contributed by atoms with Gasteiger partial charge in [0, 0.05) is 43.3 Å². The van der Waals surface area contributed by atoms with Crippen LogP contribution in [0.5, 0.6) is 0 Å². The van der Waals surface area contributed by atoms with Crippen LogP contribution in [0.2, 0.25) is 0 Å². The maximum absolute atomic E-state index is 14.3. The Bertz CT molecular complexity index is 1190. The Labute approximate surface area is 204 Å². The molecular formula is C26H34F2N4O3. The molecule has 2 aromatic rings. The van der Waals surface area contributed by atoms with Gasteiger partial charge in [-0.3, -0.25) is 14.4 Å². The van der Waals surface area contributed by atoms with Crippen LogP contribution in [0.15, 0.2) is 29.1 Å². The summed E-state index contributed by atoms with van der Waals surface area (Å²) in [5.41, 5.74) is 1.00. The Kier molecular flexibility index (Phi) is 7.79. The van der Waals surface area contributed by atoms with E-state index in [4.69, 9.17) is 0 Å². The van der Waals surface area contributed by atoms with Crippen LogP contribution in [0.4, 0.5) is 14.5 Å². The molecule has 0 aliphatic carbocycles. The number of aromatic nitrogens is 1. The van der Waals surface area contributed by atoms with Crippen molar-refractivity contribution in [2.45, 2.75) is 66.1 Å². The number of anilines is 1. The summed E-state index contributed by atoms with van der Waals surface area (Å²) in [6.45, 7) is 9.96. The summed E-state index contributed by atoms with van der Waals surface area (Å²) in [5, 5.41) is 5.75. The summed E-state index contributed by atoms with van der Waals surface area (Å²) in [6, 6.07) is 3.64. The van der Waals surface area contributed by atoms with E-state index in [1.165, 1.54) is 6.07 Å². The van der Waals surface area contributed by atoms with E-state index in [0.717, 1.165) is 17.8 Å². The standard InChI is InChI=1S/C26H34F2N4O3/c1-7-31-20-10-11-32(25(35)22(26(3,4)5)30-23(33)15(2)29-6)21(20)13-17(24(31)34)12-16-8-9-18(27)14-19(16)28/h8-9,13-15,22,29H,7,10-12H2,1-6H3,(H,30,33)/t15-,22+/m0/s1. The first-order valence-electron chi connectivity index (χ1n) is 11.9. The number of halogens is 2. The second-order valence-electron chi connectivity index (χ2n) is 10.0. The Hall–Kier alpha value is -3.07. The van der Waals surface area contributed by atoms with Gasteiger partial charge in [0.05, 0.1) is 11.7 Å². The number of nitrogens with zero attached hydrogens (tertiary/aromatic N) is 2. The minimum atomic E-state index is -0.795. The Morgan fingerprint density at radius 2 is 1.83 bits per heavy atom. The quantitative estimate of drug-likeness (QED) is 0.628. The lowest BCUT2D eigenvalue weighted by molar-refractivity contribution is -0.130. The molecular weight excluding hydrogens is 454 g/mol. The van der Waals surface area contributed by atoms with Crippen LogP contribution in [0, 0.1) is 17.0 Å². The first kappa shape index (κ1) is 26.5. The number of carbonyl (C=O) groups is 2. The van der Waals surface area contributed by atoms with Gasteiger partial charge in [0.2, 0.25) is 11.8 Å². The number of likely N-dealkylation sites (N-methyl/N-ethyl adjacent to an activating group) is 1. The van der Waals surface area contributed by atoms with Crippen molar-refractivity contribution in [3.05, 3.63) is 63.1 Å². The first-order valence-corrected chi connectivity index (χ1v) is 11.9. The fourth-order valence-corrected chi connectivity index (χ4v) is 4.34. The number of fused-ring (bicyclic) bond motifs is 1. The molecule has 1 aromatic carbocycles. The van der Waals surface area contributed by atoms with Crippen LogP contribution in [-0.4, -0.2) is 42.1 Å². The molecule has 1 aliphatic heterocycles. The van der Waals surface area contributed by atoms with Crippen LogP contribution >= 0.6 is 0 Å². The van der Waals surface area contributed by atoms with Gasteiger partial charge >= 0.3 is 0 Å². The maximum Gasteiger partial charge on any atom is 0.254 e. The smallest absolute Gasteiger partial charge is 0.254 e. The highest BCUT2D eigenvalue weighted by atomic mass is 19.1. The second kappa shape index (κ2) is 10.3. The average molecular weight is 489 g/mol. The number of hydrogen-bond acceptors (Lipinski definition) is 4. The van der Waals surface area contributed by atoms with Gasteiger partial charge in [-0.25, -0.2) is 8.78 Å². The summed E-state index contributed by atoms with van der Waals surface area (Å²) >= 11 is 0. The van der Waals surface area contributed by atoms with Gasteiger partial charge < -0.3 is 20.1 Å². The summed E-state index contributed by atoms with van der Waals surface area (Å²) in [5.74, 6) is -1.97. The molecule has 0 saturated heterocycles. The third-order valence-corrected chi connectivity index (χ3v) is 6.52. The highest BCUT2D eigenvalue weighted by molar-refractivity contribution is 6.01. The van der Waals surface area contributed by atoms with Crippen LogP contribution in [0.25, 0.3) is 0 Å². The number of carbonyl (C=O) groups excluding carboxylic acids is 2. The lowest BCUT2D eigenvalue weighted by Crippen LogP contribution is -2.57. The molecule has 2 heterocycles. The van der Waals surface area contributed by atoms with E-state index in [1.807, 2.05) is 27.7 Å². The van der Waals surface area contributed by atoms with Crippen molar-refractivity contribution in [3.8, 4) is 0 Å². The predicted octanol–water partition coefficient (Wildman–Crippen LogP) is 2.77. The molecule has 0 saturated carbocycles. The van der Waals surface area contributed by atoms with E-state index in [2.05, 4.69) is 10.6 Å². The molecule has 2 atom stereocenters. The number of amides is 2. The van der Waals surface area contributed by atoms with Crippen molar-refractivity contribution in [1.29, 1.82) is 0 Å². The molecule has 0 unspecified atom stereocenters. The second-order valence-corrected chi connectivity index (χ2v) is 10.0. The summed E-state index contributed by atoms with van der Waals surface area (Å²) in [6.07, 6.45) is 0.465. The molecule has 0 fully saturated rings. The highest BCUT2D eigenvalue weighted by Gasteiger charge is 2.39. The van der Waals surface area contributed by atoms with Crippen molar-refractivity contribution < 1.29 is 18.4 Å². The van der Waals surface area contributed by atoms with Gasteiger partial charge in [-0.15, -0.1) is 0 Å². The van der Waals surface area contributed by atoms with Crippen molar-refractivity contribution in [2.24, 2.45) is 5.41 Å². The molecule has 3 rings (SSSR count). The fourth-order valence-electron chi connectivity index (χ4n) is 4.34. The zero-order chi connectivity index (χ0) is 26.1. The Balaban J connectivity index is 2.02. The predicted molar refractivity (Wildman–Crippen MR) is 132 cm³/mol. The zero-order valence-corrected chi connectivity index (χ0v) is 21.2. The minimum Gasteiger partial charge on any atom is -0.342 e. The minimum absolute atomic E-state index is 0.0284. The number of benzene rings is 1. The molecule has 0 spiro atoms. The molecule has 1 aliphatic rings. The lowest BCUT2D eigenvalue weighted by atomic mass is 9.85. The average Bonchev–Trinajstić information content (AvgIpc) is 3.21. The molecule has 1 aromatic heterocycles. The molecule has 35 heavy (non-hydrogen) atoms. The van der Waals surface area contributed by atoms with Gasteiger partial charge in [-0.05, 0) is 44.0 Å². The normalized spacial score (nSPS) is 15.0. The Morgan fingerprint density at radius 1 is 1.14 bits per heavy atom. The molecule has 0 radical (unpaired) electrons. The molecule has 7 nitrogen and oxygen atoms in total. The number of pyridine rings is 1. The van der Waals surface area contributed by atoms with Crippen LogP contribution in [-0.2, 0) is 29.0 Å². The topological polar surface area (TPSA) is 83.4 Å². The van der Waals surface area contributed by atoms with Crippen molar-refractivity contribution in [2.75, 3.05) is 18.5 Å². The fraction of sp³-hybridized carbons (Fsp3) is 0.500. The molecule has 2 amide bonds. The van der Waals surface area contributed by atoms with Crippen LogP contribution < -0.4 is 21.1 Å². The number of nitrogens with one attached hydrogen (secondary N) is 2. The zero-order valence-electron chi connectivity index (χ0n) is 21.2. The Morgan fingerprint density at radius 3 is 2.40 bits per heavy atom. The molecule has 2 N–H and O–H groups in total. The van der Waals surface area contributed by atoms with E-state index in [9.17, 15) is 23.2 Å². The van der Waals surface area contributed by atoms with E-state index in [0.29, 0.717) is 30.8 Å². The van der Waals surface area contributed by atoms with Gasteiger partial charge in [-0.1, -0.05) is 26.8 Å². The van der Waals surface area contributed by atoms with Gasteiger partial charge in [0.1, 0.15) is 17.7 Å². The summed E-state index contributed by atoms with van der Waals surface area (Å²) in [7, 11) is 1.67. The summed E-state index contributed by atoms with van der Waals surface area (Å²) < 4.78 is 29.3. The first-order chi connectivity index (χ1) is 16.4.